The van der Waals surface area contributed by atoms with Crippen LogP contribution in [0.3, 0.4) is 0 Å². The molecular weight excluding hydrogens is 232 g/mol. The predicted octanol–water partition coefficient (Wildman–Crippen LogP) is 0.845. The second kappa shape index (κ2) is 6.33. The molecule has 1 aromatic rings. The molecule has 5 heteroatoms. The van der Waals surface area contributed by atoms with Gasteiger partial charge in [0, 0.05) is 39.4 Å². The summed E-state index contributed by atoms with van der Waals surface area (Å²) in [6, 6.07) is 2.02. The molecule has 0 amide bonds. The van der Waals surface area contributed by atoms with Gasteiger partial charge in [-0.1, -0.05) is 0 Å². The van der Waals surface area contributed by atoms with Gasteiger partial charge in [-0.3, -0.25) is 4.90 Å². The largest absolute Gasteiger partial charge is 0.468 e. The molecule has 2 rings (SSSR count). The number of hydrogen-bond acceptors (Lipinski definition) is 5. The Hall–Kier alpha value is -0.880. The van der Waals surface area contributed by atoms with Gasteiger partial charge in [-0.15, -0.1) is 0 Å². The summed E-state index contributed by atoms with van der Waals surface area (Å²) in [4.78, 5) is 2.31. The van der Waals surface area contributed by atoms with Crippen molar-refractivity contribution in [3.05, 3.63) is 23.7 Å². The molecule has 2 atom stereocenters. The molecule has 0 saturated carbocycles. The minimum atomic E-state index is 0.151. The van der Waals surface area contributed by atoms with Gasteiger partial charge < -0.3 is 19.2 Å². The Labute approximate surface area is 108 Å². The molecule has 1 aromatic heterocycles. The molecule has 2 heterocycles. The van der Waals surface area contributed by atoms with Crippen LogP contribution in [0.1, 0.15) is 11.3 Å². The Morgan fingerprint density at radius 2 is 2.00 bits per heavy atom. The van der Waals surface area contributed by atoms with E-state index in [0.717, 1.165) is 31.9 Å². The standard InChI is InChI=1S/C13H22N2O3/c1-14-6-10-4-5-18-11(10)7-15-8-12(16-2)13(9-15)17-3/h4-5,12-14H,6-9H2,1-3H3. The Morgan fingerprint density at radius 3 is 2.56 bits per heavy atom. The summed E-state index contributed by atoms with van der Waals surface area (Å²) in [5.41, 5.74) is 1.22. The zero-order chi connectivity index (χ0) is 13.0. The molecule has 102 valence electrons. The summed E-state index contributed by atoms with van der Waals surface area (Å²) in [7, 11) is 5.41. The molecule has 2 unspecified atom stereocenters. The first-order chi connectivity index (χ1) is 8.78. The fourth-order valence-corrected chi connectivity index (χ4v) is 2.46. The van der Waals surface area contributed by atoms with Crippen LogP contribution in [0.25, 0.3) is 0 Å². The zero-order valence-electron chi connectivity index (χ0n) is 11.3. The van der Waals surface area contributed by atoms with Crippen molar-refractivity contribution < 1.29 is 13.9 Å². The monoisotopic (exact) mass is 254 g/mol. The fourth-order valence-electron chi connectivity index (χ4n) is 2.46. The maximum atomic E-state index is 5.55. The van der Waals surface area contributed by atoms with Crippen molar-refractivity contribution >= 4 is 0 Å². The molecule has 1 aliphatic heterocycles. The number of nitrogens with zero attached hydrogens (tertiary/aromatic N) is 1. The highest BCUT2D eigenvalue weighted by atomic mass is 16.5. The van der Waals surface area contributed by atoms with Gasteiger partial charge in [-0.05, 0) is 13.1 Å². The van der Waals surface area contributed by atoms with Crippen LogP contribution in [-0.2, 0) is 22.6 Å². The number of likely N-dealkylation sites (tertiary alicyclic amines) is 1. The van der Waals surface area contributed by atoms with Crippen LogP contribution < -0.4 is 5.32 Å². The van der Waals surface area contributed by atoms with E-state index in [0.29, 0.717) is 0 Å². The van der Waals surface area contributed by atoms with Crippen molar-refractivity contribution in [2.45, 2.75) is 25.3 Å². The van der Waals surface area contributed by atoms with Crippen molar-refractivity contribution in [2.75, 3.05) is 34.4 Å². The lowest BCUT2D eigenvalue weighted by Gasteiger charge is -2.14. The van der Waals surface area contributed by atoms with Gasteiger partial charge in [-0.25, -0.2) is 0 Å². The zero-order valence-corrected chi connectivity index (χ0v) is 11.3. The molecule has 1 N–H and O–H groups in total. The van der Waals surface area contributed by atoms with Crippen LogP contribution in [0.2, 0.25) is 0 Å². The van der Waals surface area contributed by atoms with Crippen LogP contribution in [0.4, 0.5) is 0 Å². The van der Waals surface area contributed by atoms with Crippen LogP contribution in [0, 0.1) is 0 Å². The summed E-state index contributed by atoms with van der Waals surface area (Å²) < 4.78 is 16.4. The quantitative estimate of drug-likeness (QED) is 0.815. The molecule has 0 aliphatic carbocycles. The molecule has 0 radical (unpaired) electrons. The lowest BCUT2D eigenvalue weighted by Crippen LogP contribution is -2.27. The molecule has 1 fully saturated rings. The lowest BCUT2D eigenvalue weighted by atomic mass is 10.2. The van der Waals surface area contributed by atoms with E-state index in [4.69, 9.17) is 13.9 Å². The van der Waals surface area contributed by atoms with Gasteiger partial charge in [0.25, 0.3) is 0 Å². The van der Waals surface area contributed by atoms with Gasteiger partial charge in [-0.2, -0.15) is 0 Å². The number of nitrogens with one attached hydrogen (secondary N) is 1. The van der Waals surface area contributed by atoms with E-state index in [1.165, 1.54) is 5.56 Å². The second-order valence-corrected chi connectivity index (χ2v) is 4.64. The Bertz CT molecular complexity index is 355. The Kier molecular flexibility index (Phi) is 4.77. The average molecular weight is 254 g/mol. The molecule has 1 aliphatic rings. The number of hydrogen-bond donors (Lipinski definition) is 1. The SMILES string of the molecule is CNCc1ccoc1CN1CC(OC)C(OC)C1. The molecule has 18 heavy (non-hydrogen) atoms. The minimum absolute atomic E-state index is 0.151. The fraction of sp³-hybridized carbons (Fsp3) is 0.692. The van der Waals surface area contributed by atoms with Gasteiger partial charge in [0.1, 0.15) is 5.76 Å². The normalized spacial score (nSPS) is 24.8. The second-order valence-electron chi connectivity index (χ2n) is 4.64. The summed E-state index contributed by atoms with van der Waals surface area (Å²) in [6.45, 7) is 3.41. The van der Waals surface area contributed by atoms with Gasteiger partial charge >= 0.3 is 0 Å². The lowest BCUT2D eigenvalue weighted by molar-refractivity contribution is -0.00461. The van der Waals surface area contributed by atoms with E-state index in [1.807, 2.05) is 13.1 Å². The first kappa shape index (κ1) is 13.5. The number of methoxy groups -OCH3 is 2. The van der Waals surface area contributed by atoms with E-state index in [9.17, 15) is 0 Å². The highest BCUT2D eigenvalue weighted by molar-refractivity contribution is 5.17. The first-order valence-corrected chi connectivity index (χ1v) is 6.26. The van der Waals surface area contributed by atoms with Crippen LogP contribution in [0.5, 0.6) is 0 Å². The van der Waals surface area contributed by atoms with E-state index < -0.39 is 0 Å². The topological polar surface area (TPSA) is 46.9 Å². The smallest absolute Gasteiger partial charge is 0.122 e. The molecule has 5 nitrogen and oxygen atoms in total. The Balaban J connectivity index is 1.96. The van der Waals surface area contributed by atoms with Crippen LogP contribution in [0.15, 0.2) is 16.7 Å². The summed E-state index contributed by atoms with van der Waals surface area (Å²) in [5, 5.41) is 3.15. The maximum Gasteiger partial charge on any atom is 0.122 e. The third-order valence-electron chi connectivity index (χ3n) is 3.47. The molecule has 0 spiro atoms. The summed E-state index contributed by atoms with van der Waals surface area (Å²) in [5.74, 6) is 1.02. The minimum Gasteiger partial charge on any atom is -0.468 e. The van der Waals surface area contributed by atoms with Crippen molar-refractivity contribution in [1.82, 2.24) is 10.2 Å². The maximum absolute atomic E-state index is 5.55. The number of ether oxygens (including phenoxy) is 2. The summed E-state index contributed by atoms with van der Waals surface area (Å²) in [6.07, 6.45) is 2.05. The van der Waals surface area contributed by atoms with Gasteiger partial charge in [0.2, 0.25) is 0 Å². The van der Waals surface area contributed by atoms with Crippen molar-refractivity contribution in [2.24, 2.45) is 0 Å². The first-order valence-electron chi connectivity index (χ1n) is 6.26. The van der Waals surface area contributed by atoms with Crippen LogP contribution >= 0.6 is 0 Å². The third kappa shape index (κ3) is 2.92. The highest BCUT2D eigenvalue weighted by Crippen LogP contribution is 2.20. The van der Waals surface area contributed by atoms with Crippen molar-refractivity contribution in [1.29, 1.82) is 0 Å². The third-order valence-corrected chi connectivity index (χ3v) is 3.47. The van der Waals surface area contributed by atoms with E-state index in [2.05, 4.69) is 10.2 Å². The van der Waals surface area contributed by atoms with Crippen LogP contribution in [-0.4, -0.2) is 51.5 Å². The van der Waals surface area contributed by atoms with Crippen molar-refractivity contribution in [3.8, 4) is 0 Å². The molecule has 1 saturated heterocycles. The highest BCUT2D eigenvalue weighted by Gasteiger charge is 2.33. The predicted molar refractivity (Wildman–Crippen MR) is 68.3 cm³/mol. The molecular formula is C13H22N2O3. The van der Waals surface area contributed by atoms with Gasteiger partial charge in [0.15, 0.2) is 0 Å². The van der Waals surface area contributed by atoms with E-state index >= 15 is 0 Å². The average Bonchev–Trinajstić information content (AvgIpc) is 2.97. The number of furan rings is 1. The number of rotatable bonds is 6. The van der Waals surface area contributed by atoms with Gasteiger partial charge in [0.05, 0.1) is 25.0 Å². The van der Waals surface area contributed by atoms with E-state index in [-0.39, 0.29) is 12.2 Å². The van der Waals surface area contributed by atoms with Crippen molar-refractivity contribution in [3.63, 3.8) is 0 Å². The Morgan fingerprint density at radius 1 is 1.33 bits per heavy atom. The summed E-state index contributed by atoms with van der Waals surface area (Å²) >= 11 is 0. The molecule has 0 bridgehead atoms. The molecule has 0 aromatic carbocycles. The van der Waals surface area contributed by atoms with E-state index in [1.54, 1.807) is 20.5 Å².